The molecule has 0 spiro atoms. The van der Waals surface area contributed by atoms with Crippen molar-refractivity contribution in [2.75, 3.05) is 13.9 Å². The summed E-state index contributed by atoms with van der Waals surface area (Å²) in [5.41, 5.74) is 0.833. The van der Waals surface area contributed by atoms with Crippen LogP contribution in [0, 0.1) is 0 Å². The molecule has 1 aromatic carbocycles. The number of phenolic OH excluding ortho intramolecular Hbond substituents is 1. The monoisotopic (exact) mass is 251 g/mol. The molecule has 0 aromatic heterocycles. The van der Waals surface area contributed by atoms with Gasteiger partial charge in [0.05, 0.1) is 6.10 Å². The minimum Gasteiger partial charge on any atom is -0.507 e. The first-order valence-corrected chi connectivity index (χ1v) is 6.14. The third-order valence-electron chi connectivity index (χ3n) is 3.58. The van der Waals surface area contributed by atoms with E-state index in [0.29, 0.717) is 30.2 Å². The van der Waals surface area contributed by atoms with Crippen LogP contribution < -0.4 is 14.8 Å². The van der Waals surface area contributed by atoms with Gasteiger partial charge in [0.2, 0.25) is 6.79 Å². The van der Waals surface area contributed by atoms with Crippen LogP contribution >= 0.6 is 0 Å². The molecule has 3 rings (SSSR count). The standard InChI is InChI=1S/C13H17NO4/c1-16-10-3-9(4-10)14-6-8-2-12-13(5-11(8)15)18-7-17-12/h2,5,9-10,14-15H,3-4,6-7H2,1H3. The van der Waals surface area contributed by atoms with Gasteiger partial charge in [-0.25, -0.2) is 0 Å². The zero-order valence-corrected chi connectivity index (χ0v) is 10.3. The van der Waals surface area contributed by atoms with Gasteiger partial charge in [0, 0.05) is 31.3 Å². The highest BCUT2D eigenvalue weighted by Crippen LogP contribution is 2.37. The summed E-state index contributed by atoms with van der Waals surface area (Å²) in [5.74, 6) is 1.56. The van der Waals surface area contributed by atoms with E-state index in [4.69, 9.17) is 14.2 Å². The molecule has 1 aliphatic heterocycles. The topological polar surface area (TPSA) is 60.0 Å². The van der Waals surface area contributed by atoms with Crippen molar-refractivity contribution in [1.82, 2.24) is 5.32 Å². The Balaban J connectivity index is 1.60. The molecule has 1 heterocycles. The Kier molecular flexibility index (Phi) is 3.01. The van der Waals surface area contributed by atoms with Gasteiger partial charge in [-0.05, 0) is 18.9 Å². The first-order chi connectivity index (χ1) is 8.76. The molecule has 0 bridgehead atoms. The maximum atomic E-state index is 9.88. The minimum atomic E-state index is 0.226. The number of aromatic hydroxyl groups is 1. The molecule has 2 aliphatic rings. The van der Waals surface area contributed by atoms with Crippen LogP contribution in [0.3, 0.4) is 0 Å². The third-order valence-corrected chi connectivity index (χ3v) is 3.58. The molecule has 0 atom stereocenters. The number of nitrogens with one attached hydrogen (secondary N) is 1. The van der Waals surface area contributed by atoms with E-state index in [1.165, 1.54) is 0 Å². The van der Waals surface area contributed by atoms with E-state index < -0.39 is 0 Å². The Hall–Kier alpha value is -1.46. The lowest BCUT2D eigenvalue weighted by atomic mass is 9.89. The van der Waals surface area contributed by atoms with E-state index in [0.717, 1.165) is 18.4 Å². The van der Waals surface area contributed by atoms with Gasteiger partial charge < -0.3 is 24.6 Å². The van der Waals surface area contributed by atoms with E-state index >= 15 is 0 Å². The van der Waals surface area contributed by atoms with Crippen LogP contribution in [0.5, 0.6) is 17.2 Å². The molecule has 2 N–H and O–H groups in total. The zero-order chi connectivity index (χ0) is 12.5. The van der Waals surface area contributed by atoms with Crippen molar-refractivity contribution in [2.45, 2.75) is 31.5 Å². The highest BCUT2D eigenvalue weighted by molar-refractivity contribution is 5.51. The molecule has 5 heteroatoms. The molecule has 18 heavy (non-hydrogen) atoms. The van der Waals surface area contributed by atoms with Crippen LogP contribution in [-0.2, 0) is 11.3 Å². The number of rotatable bonds is 4. The van der Waals surface area contributed by atoms with E-state index in [1.807, 2.05) is 6.07 Å². The molecule has 0 amide bonds. The summed E-state index contributed by atoms with van der Waals surface area (Å²) in [7, 11) is 1.74. The lowest BCUT2D eigenvalue weighted by Gasteiger charge is -2.34. The zero-order valence-electron chi connectivity index (χ0n) is 10.3. The summed E-state index contributed by atoms with van der Waals surface area (Å²) in [6, 6.07) is 3.91. The van der Waals surface area contributed by atoms with Gasteiger partial charge in [-0.3, -0.25) is 0 Å². The molecule has 1 saturated carbocycles. The summed E-state index contributed by atoms with van der Waals surface area (Å²) < 4.78 is 15.7. The predicted molar refractivity (Wildman–Crippen MR) is 64.9 cm³/mol. The summed E-state index contributed by atoms with van der Waals surface area (Å²) in [6.45, 7) is 0.855. The van der Waals surface area contributed by atoms with Gasteiger partial charge in [-0.2, -0.15) is 0 Å². The second-order valence-corrected chi connectivity index (χ2v) is 4.74. The molecule has 1 aliphatic carbocycles. The van der Waals surface area contributed by atoms with Crippen molar-refractivity contribution in [2.24, 2.45) is 0 Å². The number of hydrogen-bond donors (Lipinski definition) is 2. The molecule has 0 radical (unpaired) electrons. The highest BCUT2D eigenvalue weighted by Gasteiger charge is 2.28. The van der Waals surface area contributed by atoms with Crippen LogP contribution in [0.2, 0.25) is 0 Å². The Morgan fingerprint density at radius 3 is 2.78 bits per heavy atom. The van der Waals surface area contributed by atoms with Crippen LogP contribution in [0.4, 0.5) is 0 Å². The van der Waals surface area contributed by atoms with Crippen molar-refractivity contribution in [1.29, 1.82) is 0 Å². The summed E-state index contributed by atoms with van der Waals surface area (Å²) in [5, 5.41) is 13.3. The average molecular weight is 251 g/mol. The first-order valence-electron chi connectivity index (χ1n) is 6.14. The maximum absolute atomic E-state index is 9.88. The van der Waals surface area contributed by atoms with Gasteiger partial charge in [0.15, 0.2) is 11.5 Å². The molecule has 0 saturated heterocycles. The van der Waals surface area contributed by atoms with Gasteiger partial charge in [0.25, 0.3) is 0 Å². The largest absolute Gasteiger partial charge is 0.507 e. The molecule has 1 aromatic rings. The fourth-order valence-corrected chi connectivity index (χ4v) is 2.29. The van der Waals surface area contributed by atoms with Crippen molar-refractivity contribution >= 4 is 0 Å². The quantitative estimate of drug-likeness (QED) is 0.846. The number of phenols is 1. The fourth-order valence-electron chi connectivity index (χ4n) is 2.29. The number of hydrogen-bond acceptors (Lipinski definition) is 5. The molecular formula is C13H17NO4. The molecule has 98 valence electrons. The SMILES string of the molecule is COC1CC(NCc2cc3c(cc2O)OCO3)C1. The van der Waals surface area contributed by atoms with Crippen molar-refractivity contribution in [3.8, 4) is 17.2 Å². The summed E-state index contributed by atoms with van der Waals surface area (Å²) >= 11 is 0. The van der Waals surface area contributed by atoms with E-state index in [2.05, 4.69) is 5.32 Å². The van der Waals surface area contributed by atoms with Crippen LogP contribution in [-0.4, -0.2) is 31.2 Å². The number of methoxy groups -OCH3 is 1. The van der Waals surface area contributed by atoms with Gasteiger partial charge >= 0.3 is 0 Å². The van der Waals surface area contributed by atoms with E-state index in [9.17, 15) is 5.11 Å². The normalized spacial score (nSPS) is 24.9. The lowest BCUT2D eigenvalue weighted by Crippen LogP contribution is -2.44. The summed E-state index contributed by atoms with van der Waals surface area (Å²) in [4.78, 5) is 0. The Morgan fingerprint density at radius 1 is 1.33 bits per heavy atom. The second kappa shape index (κ2) is 4.66. The number of ether oxygens (including phenoxy) is 3. The molecule has 1 fully saturated rings. The Labute approximate surface area is 106 Å². The van der Waals surface area contributed by atoms with Crippen LogP contribution in [0.15, 0.2) is 12.1 Å². The third kappa shape index (κ3) is 2.11. The molecule has 5 nitrogen and oxygen atoms in total. The Bertz CT molecular complexity index is 443. The second-order valence-electron chi connectivity index (χ2n) is 4.74. The summed E-state index contributed by atoms with van der Waals surface area (Å²) in [6.07, 6.45) is 2.44. The minimum absolute atomic E-state index is 0.226. The van der Waals surface area contributed by atoms with Crippen molar-refractivity contribution in [3.63, 3.8) is 0 Å². The first kappa shape index (κ1) is 11.6. The van der Waals surface area contributed by atoms with E-state index in [1.54, 1.807) is 13.2 Å². The Morgan fingerprint density at radius 2 is 2.06 bits per heavy atom. The average Bonchev–Trinajstić information content (AvgIpc) is 2.74. The highest BCUT2D eigenvalue weighted by atomic mass is 16.7. The molecular weight excluding hydrogens is 234 g/mol. The fraction of sp³-hybridized carbons (Fsp3) is 0.538. The van der Waals surface area contributed by atoms with Crippen molar-refractivity contribution < 1.29 is 19.3 Å². The van der Waals surface area contributed by atoms with Crippen molar-refractivity contribution in [3.05, 3.63) is 17.7 Å². The smallest absolute Gasteiger partial charge is 0.231 e. The maximum Gasteiger partial charge on any atom is 0.231 e. The lowest BCUT2D eigenvalue weighted by molar-refractivity contribution is 0.0169. The van der Waals surface area contributed by atoms with Crippen LogP contribution in [0.1, 0.15) is 18.4 Å². The van der Waals surface area contributed by atoms with Crippen LogP contribution in [0.25, 0.3) is 0 Å². The van der Waals surface area contributed by atoms with Gasteiger partial charge in [0.1, 0.15) is 5.75 Å². The molecule has 0 unspecified atom stereocenters. The predicted octanol–water partition coefficient (Wildman–Crippen LogP) is 1.39. The van der Waals surface area contributed by atoms with Gasteiger partial charge in [-0.1, -0.05) is 0 Å². The number of benzene rings is 1. The van der Waals surface area contributed by atoms with E-state index in [-0.39, 0.29) is 12.5 Å². The van der Waals surface area contributed by atoms with Gasteiger partial charge in [-0.15, -0.1) is 0 Å². The number of fused-ring (bicyclic) bond motifs is 1.